The van der Waals surface area contributed by atoms with Crippen LogP contribution in [0.25, 0.3) is 0 Å². The SMILES string of the molecule is NC(C(=O)NCc1nc(C(=O)O)cs1)c1ccccc1. The van der Waals surface area contributed by atoms with Crippen LogP contribution in [0.2, 0.25) is 0 Å². The fraction of sp³-hybridized carbons (Fsp3) is 0.154. The van der Waals surface area contributed by atoms with Crippen molar-refractivity contribution in [2.24, 2.45) is 5.73 Å². The molecular weight excluding hydrogens is 278 g/mol. The lowest BCUT2D eigenvalue weighted by atomic mass is 10.1. The number of hydrogen-bond donors (Lipinski definition) is 3. The molecule has 6 nitrogen and oxygen atoms in total. The molecule has 1 aromatic heterocycles. The van der Waals surface area contributed by atoms with Gasteiger partial charge >= 0.3 is 5.97 Å². The van der Waals surface area contributed by atoms with Crippen LogP contribution in [0.5, 0.6) is 0 Å². The third-order valence-corrected chi connectivity index (χ3v) is 3.47. The summed E-state index contributed by atoms with van der Waals surface area (Å²) < 4.78 is 0. The maximum atomic E-state index is 11.9. The second-order valence-corrected chi connectivity index (χ2v) is 4.98. The number of hydrogen-bond acceptors (Lipinski definition) is 5. The van der Waals surface area contributed by atoms with Gasteiger partial charge in [-0.05, 0) is 5.56 Å². The van der Waals surface area contributed by atoms with Crippen LogP contribution in [-0.4, -0.2) is 22.0 Å². The predicted octanol–water partition coefficient (Wildman–Crippen LogP) is 1.16. The van der Waals surface area contributed by atoms with Crippen molar-refractivity contribution in [3.8, 4) is 0 Å². The molecule has 0 saturated heterocycles. The first kappa shape index (κ1) is 14.2. The van der Waals surface area contributed by atoms with Gasteiger partial charge in [-0.1, -0.05) is 30.3 Å². The van der Waals surface area contributed by atoms with Gasteiger partial charge in [0.15, 0.2) is 5.69 Å². The summed E-state index contributed by atoms with van der Waals surface area (Å²) in [7, 11) is 0. The second kappa shape index (κ2) is 6.27. The maximum absolute atomic E-state index is 11.9. The van der Waals surface area contributed by atoms with E-state index in [1.807, 2.05) is 18.2 Å². The molecule has 104 valence electrons. The number of nitrogens with zero attached hydrogens (tertiary/aromatic N) is 1. The van der Waals surface area contributed by atoms with Gasteiger partial charge in [-0.2, -0.15) is 0 Å². The molecule has 0 saturated carbocycles. The van der Waals surface area contributed by atoms with E-state index < -0.39 is 12.0 Å². The number of thiazole rings is 1. The predicted molar refractivity (Wildman–Crippen MR) is 74.3 cm³/mol. The number of carboxylic acids is 1. The number of carbonyl (C=O) groups excluding carboxylic acids is 1. The van der Waals surface area contributed by atoms with Crippen LogP contribution in [0.4, 0.5) is 0 Å². The van der Waals surface area contributed by atoms with Crippen molar-refractivity contribution in [1.82, 2.24) is 10.3 Å². The van der Waals surface area contributed by atoms with Crippen LogP contribution in [0.15, 0.2) is 35.7 Å². The zero-order chi connectivity index (χ0) is 14.5. The second-order valence-electron chi connectivity index (χ2n) is 4.04. The van der Waals surface area contributed by atoms with Gasteiger partial charge in [0, 0.05) is 5.38 Å². The molecule has 1 heterocycles. The quantitative estimate of drug-likeness (QED) is 0.766. The van der Waals surface area contributed by atoms with E-state index in [1.165, 1.54) is 16.7 Å². The van der Waals surface area contributed by atoms with Crippen LogP contribution in [-0.2, 0) is 11.3 Å². The lowest BCUT2D eigenvalue weighted by Crippen LogP contribution is -2.33. The minimum Gasteiger partial charge on any atom is -0.476 e. The average Bonchev–Trinajstić information content (AvgIpc) is 2.94. The van der Waals surface area contributed by atoms with E-state index in [4.69, 9.17) is 10.8 Å². The van der Waals surface area contributed by atoms with Gasteiger partial charge in [0.1, 0.15) is 11.0 Å². The third kappa shape index (κ3) is 3.40. The number of rotatable bonds is 5. The van der Waals surface area contributed by atoms with Crippen molar-refractivity contribution in [3.63, 3.8) is 0 Å². The van der Waals surface area contributed by atoms with E-state index in [0.29, 0.717) is 5.01 Å². The average molecular weight is 291 g/mol. The summed E-state index contributed by atoms with van der Waals surface area (Å²) >= 11 is 1.18. The monoisotopic (exact) mass is 291 g/mol. The van der Waals surface area contributed by atoms with Crippen LogP contribution in [0.1, 0.15) is 27.1 Å². The minimum absolute atomic E-state index is 0.0217. The summed E-state index contributed by atoms with van der Waals surface area (Å²) in [5, 5.41) is 13.3. The molecule has 7 heteroatoms. The molecule has 0 fully saturated rings. The van der Waals surface area contributed by atoms with Crippen molar-refractivity contribution < 1.29 is 14.7 Å². The molecule has 2 aromatic rings. The summed E-state index contributed by atoms with van der Waals surface area (Å²) in [5.41, 5.74) is 6.53. The zero-order valence-electron chi connectivity index (χ0n) is 10.4. The number of benzene rings is 1. The lowest BCUT2D eigenvalue weighted by molar-refractivity contribution is -0.122. The van der Waals surface area contributed by atoms with Crippen molar-refractivity contribution in [3.05, 3.63) is 52.0 Å². The van der Waals surface area contributed by atoms with Crippen LogP contribution < -0.4 is 11.1 Å². The summed E-state index contributed by atoms with van der Waals surface area (Å²) in [6.45, 7) is 0.164. The Hall–Kier alpha value is -2.25. The van der Waals surface area contributed by atoms with E-state index in [2.05, 4.69) is 10.3 Å². The molecule has 20 heavy (non-hydrogen) atoms. The Bertz CT molecular complexity index is 612. The maximum Gasteiger partial charge on any atom is 0.355 e. The van der Waals surface area contributed by atoms with Gasteiger partial charge in [-0.25, -0.2) is 9.78 Å². The molecule has 1 aromatic carbocycles. The minimum atomic E-state index is -1.08. The van der Waals surface area contributed by atoms with Crippen molar-refractivity contribution in [1.29, 1.82) is 0 Å². The molecule has 1 amide bonds. The lowest BCUT2D eigenvalue weighted by Gasteiger charge is -2.11. The first-order valence-corrected chi connectivity index (χ1v) is 6.72. The highest BCUT2D eigenvalue weighted by atomic mass is 32.1. The summed E-state index contributed by atoms with van der Waals surface area (Å²) in [4.78, 5) is 26.4. The number of aromatic carboxylic acids is 1. The van der Waals surface area contributed by atoms with E-state index >= 15 is 0 Å². The van der Waals surface area contributed by atoms with Gasteiger partial charge in [0.25, 0.3) is 0 Å². The number of carboxylic acid groups (broad SMARTS) is 1. The third-order valence-electron chi connectivity index (χ3n) is 2.63. The highest BCUT2D eigenvalue weighted by Crippen LogP contribution is 2.12. The Morgan fingerprint density at radius 2 is 2.05 bits per heavy atom. The van der Waals surface area contributed by atoms with Crippen molar-refractivity contribution >= 4 is 23.2 Å². The molecule has 0 aliphatic rings. The van der Waals surface area contributed by atoms with Crippen molar-refractivity contribution in [2.45, 2.75) is 12.6 Å². The molecule has 0 spiro atoms. The first-order chi connectivity index (χ1) is 9.58. The molecule has 0 bridgehead atoms. The largest absolute Gasteiger partial charge is 0.476 e. The molecule has 1 atom stereocenters. The van der Waals surface area contributed by atoms with Gasteiger partial charge in [-0.3, -0.25) is 4.79 Å². The Morgan fingerprint density at radius 3 is 2.65 bits per heavy atom. The molecule has 0 aliphatic carbocycles. The molecule has 0 radical (unpaired) electrons. The zero-order valence-corrected chi connectivity index (χ0v) is 11.3. The van der Waals surface area contributed by atoms with Crippen LogP contribution in [0, 0.1) is 0 Å². The van der Waals surface area contributed by atoms with E-state index in [9.17, 15) is 9.59 Å². The van der Waals surface area contributed by atoms with E-state index in [0.717, 1.165) is 5.56 Å². The smallest absolute Gasteiger partial charge is 0.355 e. The Balaban J connectivity index is 1.93. The number of nitrogens with two attached hydrogens (primary N) is 1. The highest BCUT2D eigenvalue weighted by Gasteiger charge is 2.16. The van der Waals surface area contributed by atoms with Crippen LogP contribution >= 0.6 is 11.3 Å². The summed E-state index contributed by atoms with van der Waals surface area (Å²) in [6, 6.07) is 8.25. The number of carbonyl (C=O) groups is 2. The van der Waals surface area contributed by atoms with Gasteiger partial charge in [0.2, 0.25) is 5.91 Å². The highest BCUT2D eigenvalue weighted by molar-refractivity contribution is 7.09. The molecule has 2 rings (SSSR count). The van der Waals surface area contributed by atoms with Gasteiger partial charge in [0.05, 0.1) is 6.54 Å². The number of amides is 1. The number of nitrogens with one attached hydrogen (secondary N) is 1. The first-order valence-electron chi connectivity index (χ1n) is 5.84. The molecular formula is C13H13N3O3S. The Labute approximate surface area is 119 Å². The topological polar surface area (TPSA) is 105 Å². The standard InChI is InChI=1S/C13H13N3O3S/c14-11(8-4-2-1-3-5-8)12(17)15-6-10-16-9(7-20-10)13(18)19/h1-5,7,11H,6,14H2,(H,15,17)(H,18,19). The Kier molecular flexibility index (Phi) is 4.44. The fourth-order valence-electron chi connectivity index (χ4n) is 1.57. The van der Waals surface area contributed by atoms with E-state index in [1.54, 1.807) is 12.1 Å². The molecule has 0 aliphatic heterocycles. The van der Waals surface area contributed by atoms with Gasteiger partial charge < -0.3 is 16.2 Å². The normalized spacial score (nSPS) is 11.8. The fourth-order valence-corrected chi connectivity index (χ4v) is 2.28. The Morgan fingerprint density at radius 1 is 1.35 bits per heavy atom. The summed E-state index contributed by atoms with van der Waals surface area (Å²) in [6.07, 6.45) is 0. The number of aromatic nitrogens is 1. The molecule has 1 unspecified atom stereocenters. The van der Waals surface area contributed by atoms with Gasteiger partial charge in [-0.15, -0.1) is 11.3 Å². The van der Waals surface area contributed by atoms with Crippen molar-refractivity contribution in [2.75, 3.05) is 0 Å². The molecule has 4 N–H and O–H groups in total. The van der Waals surface area contributed by atoms with E-state index in [-0.39, 0.29) is 18.1 Å². The van der Waals surface area contributed by atoms with Crippen LogP contribution in [0.3, 0.4) is 0 Å². The summed E-state index contributed by atoms with van der Waals surface area (Å²) in [5.74, 6) is -1.41.